The average molecular weight is 357 g/mol. The molecule has 0 bridgehead atoms. The van der Waals surface area contributed by atoms with Crippen LogP contribution in [0.2, 0.25) is 0 Å². The van der Waals surface area contributed by atoms with Crippen LogP contribution in [-0.4, -0.2) is 17.6 Å². The van der Waals surface area contributed by atoms with Gasteiger partial charge in [0, 0.05) is 10.8 Å². The summed E-state index contributed by atoms with van der Waals surface area (Å²) in [5.74, 6) is 0.723. The van der Waals surface area contributed by atoms with Crippen LogP contribution in [0.3, 0.4) is 0 Å². The zero-order valence-corrected chi connectivity index (χ0v) is 15.2. The minimum Gasteiger partial charge on any atom is -0.369 e. The molecule has 0 unspecified atom stereocenters. The fourth-order valence-electron chi connectivity index (χ4n) is 4.68. The molecule has 4 N–H and O–H groups in total. The molecule has 1 aliphatic carbocycles. The number of hydrogen-bond acceptors (Lipinski definition) is 5. The lowest BCUT2D eigenvalue weighted by Crippen LogP contribution is -2.58. The first-order chi connectivity index (χ1) is 13.2. The Morgan fingerprint density at radius 1 is 0.815 bits per heavy atom. The maximum atomic E-state index is 6.50. The van der Waals surface area contributed by atoms with Gasteiger partial charge in [-0.15, -0.1) is 0 Å². The van der Waals surface area contributed by atoms with Crippen molar-refractivity contribution >= 4 is 39.2 Å². The molecule has 0 atom stereocenters. The van der Waals surface area contributed by atoms with Gasteiger partial charge in [-0.3, -0.25) is 4.90 Å². The highest BCUT2D eigenvalue weighted by Gasteiger charge is 2.43. The van der Waals surface area contributed by atoms with E-state index in [0.717, 1.165) is 42.1 Å². The molecule has 1 fully saturated rings. The van der Waals surface area contributed by atoms with Gasteiger partial charge in [-0.05, 0) is 42.5 Å². The molecule has 5 rings (SSSR count). The molecular weight excluding hydrogens is 334 g/mol. The maximum Gasteiger partial charge on any atom is 0.220 e. The SMILES string of the molecule is NC1=NC2(CCCCC2)N(c2c3ccccc3cc3ccccc23)C(N)=N1. The lowest BCUT2D eigenvalue weighted by atomic mass is 9.86. The van der Waals surface area contributed by atoms with Crippen molar-refractivity contribution in [1.29, 1.82) is 0 Å². The largest absolute Gasteiger partial charge is 0.369 e. The molecular formula is C22H23N5. The minimum atomic E-state index is -0.443. The summed E-state index contributed by atoms with van der Waals surface area (Å²) in [4.78, 5) is 11.4. The fourth-order valence-corrected chi connectivity index (χ4v) is 4.68. The van der Waals surface area contributed by atoms with Gasteiger partial charge in [-0.25, -0.2) is 4.99 Å². The van der Waals surface area contributed by atoms with Crippen molar-refractivity contribution in [3.8, 4) is 0 Å². The van der Waals surface area contributed by atoms with Crippen LogP contribution in [0.25, 0.3) is 21.5 Å². The summed E-state index contributed by atoms with van der Waals surface area (Å²) in [6.07, 6.45) is 5.31. The summed E-state index contributed by atoms with van der Waals surface area (Å²) < 4.78 is 0. The van der Waals surface area contributed by atoms with Crippen LogP contribution in [0, 0.1) is 0 Å². The second-order valence-corrected chi connectivity index (χ2v) is 7.49. The summed E-state index contributed by atoms with van der Waals surface area (Å²) in [5, 5.41) is 4.70. The van der Waals surface area contributed by atoms with Gasteiger partial charge in [-0.2, -0.15) is 4.99 Å². The van der Waals surface area contributed by atoms with Gasteiger partial charge < -0.3 is 11.5 Å². The zero-order chi connectivity index (χ0) is 18.4. The molecule has 136 valence electrons. The van der Waals surface area contributed by atoms with Crippen molar-refractivity contribution in [2.75, 3.05) is 4.90 Å². The Balaban J connectivity index is 1.86. The van der Waals surface area contributed by atoms with Crippen molar-refractivity contribution < 1.29 is 0 Å². The topological polar surface area (TPSA) is 80.0 Å². The molecule has 0 saturated heterocycles. The lowest BCUT2D eigenvalue weighted by molar-refractivity contribution is 0.306. The average Bonchev–Trinajstić information content (AvgIpc) is 2.67. The normalized spacial score (nSPS) is 19.3. The van der Waals surface area contributed by atoms with E-state index >= 15 is 0 Å². The third-order valence-electron chi connectivity index (χ3n) is 5.82. The number of nitrogens with two attached hydrogens (primary N) is 2. The van der Waals surface area contributed by atoms with E-state index in [4.69, 9.17) is 16.5 Å². The zero-order valence-electron chi connectivity index (χ0n) is 15.2. The molecule has 0 amide bonds. The molecule has 5 heteroatoms. The minimum absolute atomic E-state index is 0.287. The summed E-state index contributed by atoms with van der Waals surface area (Å²) in [6, 6.07) is 19.1. The first kappa shape index (κ1) is 16.1. The van der Waals surface area contributed by atoms with Crippen LogP contribution >= 0.6 is 0 Å². The summed E-state index contributed by atoms with van der Waals surface area (Å²) in [5.41, 5.74) is 13.2. The van der Waals surface area contributed by atoms with E-state index in [0.29, 0.717) is 5.96 Å². The van der Waals surface area contributed by atoms with Crippen molar-refractivity contribution in [3.63, 3.8) is 0 Å². The number of benzene rings is 3. The van der Waals surface area contributed by atoms with Crippen molar-refractivity contribution in [2.24, 2.45) is 21.5 Å². The van der Waals surface area contributed by atoms with Gasteiger partial charge in [0.25, 0.3) is 0 Å². The van der Waals surface area contributed by atoms with E-state index < -0.39 is 5.66 Å². The molecule has 3 aromatic carbocycles. The van der Waals surface area contributed by atoms with Crippen LogP contribution in [0.4, 0.5) is 5.69 Å². The molecule has 1 saturated carbocycles. The van der Waals surface area contributed by atoms with Crippen LogP contribution in [0.15, 0.2) is 64.6 Å². The van der Waals surface area contributed by atoms with Crippen molar-refractivity contribution in [3.05, 3.63) is 54.6 Å². The highest BCUT2D eigenvalue weighted by molar-refractivity contribution is 6.18. The van der Waals surface area contributed by atoms with Crippen molar-refractivity contribution in [2.45, 2.75) is 37.8 Å². The summed E-state index contributed by atoms with van der Waals surface area (Å²) in [6.45, 7) is 0. The number of anilines is 1. The van der Waals surface area contributed by atoms with E-state index in [1.54, 1.807) is 0 Å². The highest BCUT2D eigenvalue weighted by atomic mass is 15.4. The van der Waals surface area contributed by atoms with Gasteiger partial charge >= 0.3 is 0 Å². The number of aliphatic imine (C=N–C) groups is 2. The monoisotopic (exact) mass is 357 g/mol. The van der Waals surface area contributed by atoms with E-state index in [-0.39, 0.29) is 5.96 Å². The van der Waals surface area contributed by atoms with Crippen molar-refractivity contribution in [1.82, 2.24) is 0 Å². The van der Waals surface area contributed by atoms with E-state index in [1.807, 2.05) is 0 Å². The van der Waals surface area contributed by atoms with E-state index in [2.05, 4.69) is 64.5 Å². The maximum absolute atomic E-state index is 6.50. The number of nitrogens with zero attached hydrogens (tertiary/aromatic N) is 3. The predicted octanol–water partition coefficient (Wildman–Crippen LogP) is 4.10. The molecule has 5 nitrogen and oxygen atoms in total. The molecule has 0 radical (unpaired) electrons. The Morgan fingerprint density at radius 3 is 2.04 bits per heavy atom. The Bertz CT molecular complexity index is 1040. The second kappa shape index (κ2) is 5.98. The van der Waals surface area contributed by atoms with E-state index in [1.165, 1.54) is 17.2 Å². The van der Waals surface area contributed by atoms with Gasteiger partial charge in [0.15, 0.2) is 0 Å². The molecule has 1 spiro atoms. The Kier molecular flexibility index (Phi) is 3.57. The van der Waals surface area contributed by atoms with Gasteiger partial charge in [0.05, 0.1) is 5.69 Å². The third-order valence-corrected chi connectivity index (χ3v) is 5.82. The third kappa shape index (κ3) is 2.46. The van der Waals surface area contributed by atoms with Crippen LogP contribution < -0.4 is 16.4 Å². The number of fused-ring (bicyclic) bond motifs is 2. The first-order valence-corrected chi connectivity index (χ1v) is 9.58. The molecule has 1 heterocycles. The van der Waals surface area contributed by atoms with Gasteiger partial charge in [0.2, 0.25) is 11.9 Å². The smallest absolute Gasteiger partial charge is 0.220 e. The van der Waals surface area contributed by atoms with Crippen LogP contribution in [0.1, 0.15) is 32.1 Å². The van der Waals surface area contributed by atoms with Crippen LogP contribution in [0.5, 0.6) is 0 Å². The highest BCUT2D eigenvalue weighted by Crippen LogP contribution is 2.44. The summed E-state index contributed by atoms with van der Waals surface area (Å²) >= 11 is 0. The number of guanidine groups is 2. The first-order valence-electron chi connectivity index (χ1n) is 9.58. The Hall–Kier alpha value is -3.08. The molecule has 1 aliphatic heterocycles. The molecule has 0 aromatic heterocycles. The standard InChI is InChI=1S/C22H23N5/c23-20-25-21(24)27(22(26-20)12-6-1-7-13-22)19-17-10-4-2-8-15(17)14-16-9-3-5-11-18(16)19/h2-5,8-11,14H,1,6-7,12-13H2,(H4,23,24,25,26). The van der Waals surface area contributed by atoms with Gasteiger partial charge in [-0.1, -0.05) is 55.0 Å². The molecule has 2 aliphatic rings. The predicted molar refractivity (Wildman–Crippen MR) is 113 cm³/mol. The quantitative estimate of drug-likeness (QED) is 0.643. The summed E-state index contributed by atoms with van der Waals surface area (Å²) in [7, 11) is 0. The van der Waals surface area contributed by atoms with Crippen LogP contribution in [-0.2, 0) is 0 Å². The van der Waals surface area contributed by atoms with Gasteiger partial charge in [0.1, 0.15) is 5.66 Å². The Labute approximate surface area is 158 Å². The number of rotatable bonds is 1. The lowest BCUT2D eigenvalue weighted by Gasteiger charge is -2.46. The van der Waals surface area contributed by atoms with E-state index in [9.17, 15) is 0 Å². The molecule has 27 heavy (non-hydrogen) atoms. The fraction of sp³-hybridized carbons (Fsp3) is 0.273. The Morgan fingerprint density at radius 2 is 1.41 bits per heavy atom. The molecule has 3 aromatic rings. The number of hydrogen-bond donors (Lipinski definition) is 2. The second-order valence-electron chi connectivity index (χ2n) is 7.49.